The summed E-state index contributed by atoms with van der Waals surface area (Å²) in [6, 6.07) is 7.77. The highest BCUT2D eigenvalue weighted by Crippen LogP contribution is 2.32. The normalized spacial score (nSPS) is 25.4. The molecule has 2 aliphatic rings. The number of rotatable bonds is 2. The lowest BCUT2D eigenvalue weighted by molar-refractivity contribution is -0.173. The standard InChI is InChI=1S/C14H15NO4/c16-12(14(13(17)18)6-3-7-19-14)15-8-10-4-1-2-5-11(10)9-15/h1-2,4-5H,3,6-9H2,(H,17,18). The molecule has 1 unspecified atom stereocenters. The first-order valence-corrected chi connectivity index (χ1v) is 6.37. The first-order chi connectivity index (χ1) is 9.13. The molecule has 3 rings (SSSR count). The van der Waals surface area contributed by atoms with Gasteiger partial charge in [0, 0.05) is 19.7 Å². The second-order valence-electron chi connectivity index (χ2n) is 5.01. The van der Waals surface area contributed by atoms with Gasteiger partial charge in [-0.3, -0.25) is 4.79 Å². The topological polar surface area (TPSA) is 66.8 Å². The van der Waals surface area contributed by atoms with Crippen LogP contribution in [-0.4, -0.2) is 34.1 Å². The molecule has 0 saturated carbocycles. The van der Waals surface area contributed by atoms with Crippen molar-refractivity contribution in [2.75, 3.05) is 6.61 Å². The number of hydrogen-bond donors (Lipinski definition) is 1. The molecule has 1 atom stereocenters. The molecule has 0 bridgehead atoms. The van der Waals surface area contributed by atoms with E-state index >= 15 is 0 Å². The number of fused-ring (bicyclic) bond motifs is 1. The van der Waals surface area contributed by atoms with Gasteiger partial charge in [-0.1, -0.05) is 24.3 Å². The highest BCUT2D eigenvalue weighted by atomic mass is 16.5. The maximum Gasteiger partial charge on any atom is 0.345 e. The molecule has 1 fully saturated rings. The first-order valence-electron chi connectivity index (χ1n) is 6.37. The monoisotopic (exact) mass is 261 g/mol. The molecule has 1 aromatic carbocycles. The maximum atomic E-state index is 12.5. The summed E-state index contributed by atoms with van der Waals surface area (Å²) in [7, 11) is 0. The molecule has 1 aromatic rings. The zero-order valence-electron chi connectivity index (χ0n) is 10.5. The highest BCUT2D eigenvalue weighted by Gasteiger charge is 2.52. The molecule has 100 valence electrons. The van der Waals surface area contributed by atoms with Crippen LogP contribution < -0.4 is 0 Å². The van der Waals surface area contributed by atoms with E-state index in [4.69, 9.17) is 4.74 Å². The van der Waals surface area contributed by atoms with Gasteiger partial charge in [0.05, 0.1) is 0 Å². The van der Waals surface area contributed by atoms with Crippen molar-refractivity contribution in [3.8, 4) is 0 Å². The summed E-state index contributed by atoms with van der Waals surface area (Å²) in [5, 5.41) is 9.34. The third-order valence-corrected chi connectivity index (χ3v) is 3.84. The van der Waals surface area contributed by atoms with E-state index < -0.39 is 17.5 Å². The van der Waals surface area contributed by atoms with E-state index in [-0.39, 0.29) is 6.42 Å². The molecule has 0 radical (unpaired) electrons. The summed E-state index contributed by atoms with van der Waals surface area (Å²) in [5.74, 6) is -1.60. The van der Waals surface area contributed by atoms with Crippen molar-refractivity contribution >= 4 is 11.9 Å². The van der Waals surface area contributed by atoms with Crippen molar-refractivity contribution in [1.29, 1.82) is 0 Å². The van der Waals surface area contributed by atoms with Crippen LogP contribution in [0, 0.1) is 0 Å². The molecule has 5 nitrogen and oxygen atoms in total. The van der Waals surface area contributed by atoms with Gasteiger partial charge >= 0.3 is 5.97 Å². The maximum absolute atomic E-state index is 12.5. The Morgan fingerprint density at radius 1 is 1.21 bits per heavy atom. The largest absolute Gasteiger partial charge is 0.479 e. The van der Waals surface area contributed by atoms with Gasteiger partial charge in [0.1, 0.15) is 0 Å². The Hall–Kier alpha value is -1.88. The predicted octanol–water partition coefficient (Wildman–Crippen LogP) is 1.16. The number of hydrogen-bond acceptors (Lipinski definition) is 3. The summed E-state index contributed by atoms with van der Waals surface area (Å²) < 4.78 is 5.28. The Morgan fingerprint density at radius 3 is 2.32 bits per heavy atom. The molecule has 1 N–H and O–H groups in total. The minimum Gasteiger partial charge on any atom is -0.479 e. The average molecular weight is 261 g/mol. The molecule has 1 saturated heterocycles. The second kappa shape index (κ2) is 4.35. The van der Waals surface area contributed by atoms with Crippen molar-refractivity contribution in [3.63, 3.8) is 0 Å². The Morgan fingerprint density at radius 2 is 1.84 bits per heavy atom. The number of benzene rings is 1. The molecule has 0 aromatic heterocycles. The van der Waals surface area contributed by atoms with Crippen molar-refractivity contribution in [2.45, 2.75) is 31.5 Å². The average Bonchev–Trinajstić information content (AvgIpc) is 3.05. The summed E-state index contributed by atoms with van der Waals surface area (Å²) >= 11 is 0. The van der Waals surface area contributed by atoms with E-state index in [1.54, 1.807) is 4.90 Å². The summed E-state index contributed by atoms with van der Waals surface area (Å²) in [6.45, 7) is 1.26. The van der Waals surface area contributed by atoms with Crippen LogP contribution in [0.15, 0.2) is 24.3 Å². The van der Waals surface area contributed by atoms with E-state index in [1.807, 2.05) is 24.3 Å². The van der Waals surface area contributed by atoms with Crippen molar-refractivity contribution < 1.29 is 19.4 Å². The van der Waals surface area contributed by atoms with Gasteiger partial charge in [-0.25, -0.2) is 4.79 Å². The Labute approximate surface area is 110 Å². The lowest BCUT2D eigenvalue weighted by atomic mass is 9.98. The zero-order valence-corrected chi connectivity index (χ0v) is 10.5. The van der Waals surface area contributed by atoms with E-state index in [2.05, 4.69) is 0 Å². The van der Waals surface area contributed by atoms with Crippen molar-refractivity contribution in [2.24, 2.45) is 0 Å². The molecule has 1 amide bonds. The number of aliphatic carboxylic acids is 1. The summed E-state index contributed by atoms with van der Waals surface area (Å²) in [5.41, 5.74) is 0.492. The molecule has 2 aliphatic heterocycles. The summed E-state index contributed by atoms with van der Waals surface area (Å²) in [4.78, 5) is 25.5. The van der Waals surface area contributed by atoms with Crippen molar-refractivity contribution in [1.82, 2.24) is 4.90 Å². The Balaban J connectivity index is 1.84. The molecule has 19 heavy (non-hydrogen) atoms. The third-order valence-electron chi connectivity index (χ3n) is 3.84. The van der Waals surface area contributed by atoms with Crippen LogP contribution in [0.4, 0.5) is 0 Å². The van der Waals surface area contributed by atoms with Crippen LogP contribution in [0.3, 0.4) is 0 Å². The molecule has 2 heterocycles. The number of ether oxygens (including phenoxy) is 1. The first kappa shape index (κ1) is 12.2. The fourth-order valence-corrected chi connectivity index (χ4v) is 2.80. The van der Waals surface area contributed by atoms with Crippen LogP contribution in [-0.2, 0) is 27.4 Å². The van der Waals surface area contributed by atoms with Gasteiger partial charge < -0.3 is 14.7 Å². The third kappa shape index (κ3) is 1.81. The lowest BCUT2D eigenvalue weighted by Crippen LogP contribution is -2.52. The van der Waals surface area contributed by atoms with Crippen LogP contribution in [0.25, 0.3) is 0 Å². The van der Waals surface area contributed by atoms with Crippen LogP contribution in [0.2, 0.25) is 0 Å². The minimum atomic E-state index is -1.66. The number of carbonyl (C=O) groups is 2. The number of carboxylic acid groups (broad SMARTS) is 1. The lowest BCUT2D eigenvalue weighted by Gasteiger charge is -2.27. The van der Waals surface area contributed by atoms with Gasteiger partial charge in [-0.2, -0.15) is 0 Å². The molecule has 0 spiro atoms. The number of carboxylic acids is 1. The summed E-state index contributed by atoms with van der Waals surface area (Å²) in [6.07, 6.45) is 0.868. The Bertz CT molecular complexity index is 509. The predicted molar refractivity (Wildman–Crippen MR) is 66.2 cm³/mol. The van der Waals surface area contributed by atoms with E-state index in [0.29, 0.717) is 26.1 Å². The molecular weight excluding hydrogens is 246 g/mol. The van der Waals surface area contributed by atoms with Crippen LogP contribution in [0.5, 0.6) is 0 Å². The molecule has 5 heteroatoms. The van der Waals surface area contributed by atoms with Gasteiger partial charge in [0.15, 0.2) is 0 Å². The van der Waals surface area contributed by atoms with E-state index in [0.717, 1.165) is 11.1 Å². The quantitative estimate of drug-likeness (QED) is 0.811. The zero-order chi connectivity index (χ0) is 13.5. The second-order valence-corrected chi connectivity index (χ2v) is 5.01. The fraction of sp³-hybridized carbons (Fsp3) is 0.429. The van der Waals surface area contributed by atoms with E-state index in [9.17, 15) is 14.7 Å². The van der Waals surface area contributed by atoms with Gasteiger partial charge in [0.25, 0.3) is 5.91 Å². The smallest absolute Gasteiger partial charge is 0.345 e. The van der Waals surface area contributed by atoms with E-state index in [1.165, 1.54) is 0 Å². The van der Waals surface area contributed by atoms with Crippen molar-refractivity contribution in [3.05, 3.63) is 35.4 Å². The number of carbonyl (C=O) groups excluding carboxylic acids is 1. The Kier molecular flexibility index (Phi) is 2.78. The highest BCUT2D eigenvalue weighted by molar-refractivity contribution is 6.05. The number of amides is 1. The number of nitrogens with zero attached hydrogens (tertiary/aromatic N) is 1. The SMILES string of the molecule is O=C(O)C1(C(=O)N2Cc3ccccc3C2)CCCO1. The van der Waals surface area contributed by atoms with Crippen LogP contribution in [0.1, 0.15) is 24.0 Å². The van der Waals surface area contributed by atoms with Gasteiger partial charge in [-0.05, 0) is 24.0 Å². The van der Waals surface area contributed by atoms with Gasteiger partial charge in [-0.15, -0.1) is 0 Å². The van der Waals surface area contributed by atoms with Gasteiger partial charge in [0.2, 0.25) is 5.60 Å². The molecule has 0 aliphatic carbocycles. The minimum absolute atomic E-state index is 0.258. The molecular formula is C14H15NO4. The fourth-order valence-electron chi connectivity index (χ4n) is 2.80. The van der Waals surface area contributed by atoms with Crippen LogP contribution >= 0.6 is 0 Å².